The molecule has 1 aromatic rings. The molecule has 0 fully saturated rings. The van der Waals surface area contributed by atoms with E-state index < -0.39 is 0 Å². The monoisotopic (exact) mass is 501 g/mol. The summed E-state index contributed by atoms with van der Waals surface area (Å²) in [7, 11) is 0. The minimum absolute atomic E-state index is 0. The number of guanidine groups is 1. The Bertz CT molecular complexity index is 466. The van der Waals surface area contributed by atoms with Crippen LogP contribution < -0.4 is 15.8 Å². The molecule has 0 radical (unpaired) electrons. The van der Waals surface area contributed by atoms with Crippen molar-refractivity contribution in [2.75, 3.05) is 24.7 Å². The molecule has 0 aliphatic rings. The predicted octanol–water partition coefficient (Wildman–Crippen LogP) is 3.88. The molecule has 0 saturated heterocycles. The first kappa shape index (κ1) is 21.9. The molecule has 22 heavy (non-hydrogen) atoms. The maximum Gasteiger partial charge on any atom is 0.189 e. The molecule has 0 amide bonds. The van der Waals surface area contributed by atoms with E-state index in [-0.39, 0.29) is 29.5 Å². The number of hydrogen-bond acceptors (Lipinski definition) is 3. The first-order valence-electron chi connectivity index (χ1n) is 6.91. The lowest BCUT2D eigenvalue weighted by molar-refractivity contribution is 0.344. The molecule has 0 heterocycles. The maximum absolute atomic E-state index is 5.79. The highest BCUT2D eigenvalue weighted by Gasteiger charge is 2.09. The third-order valence-corrected chi connectivity index (χ3v) is 3.73. The van der Waals surface area contributed by atoms with Crippen molar-refractivity contribution in [3.63, 3.8) is 0 Å². The van der Waals surface area contributed by atoms with Gasteiger partial charge in [0.2, 0.25) is 0 Å². The van der Waals surface area contributed by atoms with E-state index in [4.69, 9.17) is 10.5 Å². The van der Waals surface area contributed by atoms with Crippen LogP contribution in [0.3, 0.4) is 0 Å². The Morgan fingerprint density at radius 3 is 2.73 bits per heavy atom. The first-order chi connectivity index (χ1) is 9.87. The highest BCUT2D eigenvalue weighted by molar-refractivity contribution is 14.0. The standard InChI is InChI=1S/C15H24BrN3OS.HI/c1-15(2,3)19-14(17)18-7-9-21-10-8-20-13-6-4-5-12(16)11-13;/h4-6,11H,7-10H2,1-3H3,(H3,17,18,19);1H. The van der Waals surface area contributed by atoms with Gasteiger partial charge in [-0.2, -0.15) is 11.8 Å². The van der Waals surface area contributed by atoms with Crippen LogP contribution in [0.4, 0.5) is 0 Å². The number of nitrogens with one attached hydrogen (secondary N) is 1. The third-order valence-electron chi connectivity index (χ3n) is 2.31. The van der Waals surface area contributed by atoms with Crippen LogP contribution in [0.15, 0.2) is 33.7 Å². The van der Waals surface area contributed by atoms with Gasteiger partial charge in [-0.15, -0.1) is 24.0 Å². The lowest BCUT2D eigenvalue weighted by Crippen LogP contribution is -2.45. The average Bonchev–Trinajstić information content (AvgIpc) is 2.35. The fourth-order valence-corrected chi connectivity index (χ4v) is 2.54. The molecule has 0 aromatic heterocycles. The first-order valence-corrected chi connectivity index (χ1v) is 8.86. The van der Waals surface area contributed by atoms with Gasteiger partial charge in [-0.05, 0) is 39.0 Å². The van der Waals surface area contributed by atoms with E-state index in [1.54, 1.807) is 0 Å². The van der Waals surface area contributed by atoms with Crippen LogP contribution in [0.2, 0.25) is 0 Å². The van der Waals surface area contributed by atoms with Crippen molar-refractivity contribution in [2.45, 2.75) is 26.3 Å². The van der Waals surface area contributed by atoms with E-state index >= 15 is 0 Å². The van der Waals surface area contributed by atoms with Crippen LogP contribution in [-0.4, -0.2) is 36.2 Å². The average molecular weight is 502 g/mol. The molecule has 0 bridgehead atoms. The van der Waals surface area contributed by atoms with Gasteiger partial charge in [0.15, 0.2) is 5.96 Å². The SMILES string of the molecule is CC(C)(C)NC(N)=NCCSCCOc1cccc(Br)c1.I. The normalized spacial score (nSPS) is 11.7. The summed E-state index contributed by atoms with van der Waals surface area (Å²) < 4.78 is 6.69. The fraction of sp³-hybridized carbons (Fsp3) is 0.533. The Hall–Kier alpha value is -0.150. The minimum Gasteiger partial charge on any atom is -0.493 e. The number of rotatable bonds is 7. The molecule has 3 N–H and O–H groups in total. The summed E-state index contributed by atoms with van der Waals surface area (Å²) >= 11 is 5.23. The van der Waals surface area contributed by atoms with Gasteiger partial charge in [-0.25, -0.2) is 0 Å². The van der Waals surface area contributed by atoms with Gasteiger partial charge < -0.3 is 15.8 Å². The van der Waals surface area contributed by atoms with Crippen LogP contribution in [0, 0.1) is 0 Å². The van der Waals surface area contributed by atoms with Gasteiger partial charge in [0, 0.05) is 21.5 Å². The summed E-state index contributed by atoms with van der Waals surface area (Å²) in [6.07, 6.45) is 0. The predicted molar refractivity (Wildman–Crippen MR) is 112 cm³/mol. The number of aliphatic imine (C=N–C) groups is 1. The van der Waals surface area contributed by atoms with Crippen LogP contribution in [-0.2, 0) is 0 Å². The molecule has 7 heteroatoms. The second-order valence-electron chi connectivity index (χ2n) is 5.56. The fourth-order valence-electron chi connectivity index (χ4n) is 1.53. The smallest absolute Gasteiger partial charge is 0.189 e. The summed E-state index contributed by atoms with van der Waals surface area (Å²) in [5, 5.41) is 3.14. The van der Waals surface area contributed by atoms with Crippen LogP contribution >= 0.6 is 51.7 Å². The molecule has 1 aromatic carbocycles. The minimum atomic E-state index is -0.0431. The molecule has 0 atom stereocenters. The van der Waals surface area contributed by atoms with Gasteiger partial charge in [0.25, 0.3) is 0 Å². The molecular weight excluding hydrogens is 477 g/mol. The molecule has 1 rings (SSSR count). The van der Waals surface area contributed by atoms with E-state index in [9.17, 15) is 0 Å². The Morgan fingerprint density at radius 2 is 2.09 bits per heavy atom. The number of halogens is 2. The van der Waals surface area contributed by atoms with Gasteiger partial charge in [-0.1, -0.05) is 22.0 Å². The zero-order valence-electron chi connectivity index (χ0n) is 13.3. The number of nitrogens with zero attached hydrogens (tertiary/aromatic N) is 1. The molecule has 0 unspecified atom stereocenters. The molecule has 0 saturated carbocycles. The molecule has 0 aliphatic carbocycles. The summed E-state index contributed by atoms with van der Waals surface area (Å²) in [4.78, 5) is 4.29. The van der Waals surface area contributed by atoms with E-state index in [0.29, 0.717) is 12.6 Å². The van der Waals surface area contributed by atoms with Crippen molar-refractivity contribution in [3.8, 4) is 5.75 Å². The molecule has 0 spiro atoms. The van der Waals surface area contributed by atoms with Crippen molar-refractivity contribution in [2.24, 2.45) is 10.7 Å². The van der Waals surface area contributed by atoms with E-state index in [1.165, 1.54) is 0 Å². The molecular formula is C15H25BrIN3OS. The number of nitrogens with two attached hydrogens (primary N) is 1. The second kappa shape index (κ2) is 11.4. The van der Waals surface area contributed by atoms with Gasteiger partial charge in [0.05, 0.1) is 13.2 Å². The van der Waals surface area contributed by atoms with Crippen molar-refractivity contribution >= 4 is 57.6 Å². The van der Waals surface area contributed by atoms with Crippen molar-refractivity contribution in [1.82, 2.24) is 5.32 Å². The lowest BCUT2D eigenvalue weighted by atomic mass is 10.1. The van der Waals surface area contributed by atoms with Crippen LogP contribution in [0.5, 0.6) is 5.75 Å². The van der Waals surface area contributed by atoms with Crippen LogP contribution in [0.1, 0.15) is 20.8 Å². The van der Waals surface area contributed by atoms with Crippen molar-refractivity contribution < 1.29 is 4.74 Å². The second-order valence-corrected chi connectivity index (χ2v) is 7.70. The van der Waals surface area contributed by atoms with Crippen LogP contribution in [0.25, 0.3) is 0 Å². The highest BCUT2D eigenvalue weighted by Crippen LogP contribution is 2.17. The third kappa shape index (κ3) is 11.4. The van der Waals surface area contributed by atoms with Crippen molar-refractivity contribution in [3.05, 3.63) is 28.7 Å². The largest absolute Gasteiger partial charge is 0.493 e. The maximum atomic E-state index is 5.79. The van der Waals surface area contributed by atoms with E-state index in [2.05, 4.69) is 47.0 Å². The highest BCUT2D eigenvalue weighted by atomic mass is 127. The zero-order chi connectivity index (χ0) is 15.7. The Balaban J connectivity index is 0.00000441. The van der Waals surface area contributed by atoms with Gasteiger partial charge in [0.1, 0.15) is 5.75 Å². The Morgan fingerprint density at radius 1 is 1.36 bits per heavy atom. The number of benzene rings is 1. The number of hydrogen-bond donors (Lipinski definition) is 2. The zero-order valence-corrected chi connectivity index (χ0v) is 18.0. The quantitative estimate of drug-likeness (QED) is 0.257. The molecule has 0 aliphatic heterocycles. The van der Waals surface area contributed by atoms with E-state index in [0.717, 1.165) is 28.3 Å². The Kier molecular flexibility index (Phi) is 11.3. The van der Waals surface area contributed by atoms with Crippen molar-refractivity contribution in [1.29, 1.82) is 0 Å². The Labute approximate surface area is 163 Å². The summed E-state index contributed by atoms with van der Waals surface area (Å²) in [5.74, 6) is 3.28. The van der Waals surface area contributed by atoms with Gasteiger partial charge in [-0.3, -0.25) is 4.99 Å². The summed E-state index contributed by atoms with van der Waals surface area (Å²) in [6.45, 7) is 7.59. The molecule has 126 valence electrons. The molecule has 4 nitrogen and oxygen atoms in total. The van der Waals surface area contributed by atoms with E-state index in [1.807, 2.05) is 36.0 Å². The number of ether oxygens (including phenoxy) is 1. The topological polar surface area (TPSA) is 59.6 Å². The summed E-state index contributed by atoms with van der Waals surface area (Å²) in [6, 6.07) is 7.87. The summed E-state index contributed by atoms with van der Waals surface area (Å²) in [5.41, 5.74) is 5.75. The van der Waals surface area contributed by atoms with Gasteiger partial charge >= 0.3 is 0 Å². The number of thioether (sulfide) groups is 1. The lowest BCUT2D eigenvalue weighted by Gasteiger charge is -2.20.